The van der Waals surface area contributed by atoms with Gasteiger partial charge in [-0.2, -0.15) is 0 Å². The highest BCUT2D eigenvalue weighted by atomic mass is 32.2. The number of ether oxygens (including phenoxy) is 4. The largest absolute Gasteiger partial charge is 0.550 e. The number of carbonyl (C=O) groups is 1. The molecule has 0 spiro atoms. The van der Waals surface area contributed by atoms with Gasteiger partial charge in [-0.3, -0.25) is 4.21 Å². The normalized spacial score (nSPS) is 11.6. The Morgan fingerprint density at radius 3 is 1.86 bits per heavy atom. The molecule has 0 saturated heterocycles. The van der Waals surface area contributed by atoms with Gasteiger partial charge in [0.05, 0.1) is 70.2 Å². The molecule has 0 saturated carbocycles. The van der Waals surface area contributed by atoms with Crippen LogP contribution in [0.5, 0.6) is 23.0 Å². The van der Waals surface area contributed by atoms with Crippen LogP contribution >= 0.6 is 0 Å². The zero-order chi connectivity index (χ0) is 27.1. The quantitative estimate of drug-likeness (QED) is 0.430. The van der Waals surface area contributed by atoms with Crippen LogP contribution in [0.2, 0.25) is 0 Å². The number of hydrogen-bond acceptors (Lipinski definition) is 7. The SMILES string of the molecule is CC[NH+](CC)CC.COc1cc(OC)c(/C=C/S(=O)Cc2ccc(OC)c(CC(=O)[O-])c2)c(OC)c1. The molecule has 0 radical (unpaired) electrons. The lowest BCUT2D eigenvalue weighted by molar-refractivity contribution is -0.894. The minimum absolute atomic E-state index is 0.210. The highest BCUT2D eigenvalue weighted by Crippen LogP contribution is 2.35. The van der Waals surface area contributed by atoms with Gasteiger partial charge in [0.15, 0.2) is 0 Å². The molecule has 1 N–H and O–H groups in total. The molecule has 200 valence electrons. The number of nitrogens with one attached hydrogen (secondary N) is 1. The number of methoxy groups -OCH3 is 4. The van der Waals surface area contributed by atoms with Crippen LogP contribution in [0, 0.1) is 0 Å². The number of hydrogen-bond donors (Lipinski definition) is 1. The molecule has 9 heteroatoms. The van der Waals surface area contributed by atoms with Gasteiger partial charge in [-0.25, -0.2) is 0 Å². The molecule has 0 bridgehead atoms. The van der Waals surface area contributed by atoms with Crippen LogP contribution < -0.4 is 29.0 Å². The number of carbonyl (C=O) groups excluding carboxylic acids is 1. The van der Waals surface area contributed by atoms with Crippen molar-refractivity contribution < 1.29 is 38.0 Å². The van der Waals surface area contributed by atoms with E-state index in [-0.39, 0.29) is 12.2 Å². The monoisotopic (exact) mass is 521 g/mol. The highest BCUT2D eigenvalue weighted by molar-refractivity contribution is 7.87. The molecule has 0 aliphatic carbocycles. The number of rotatable bonds is 13. The first-order valence-electron chi connectivity index (χ1n) is 11.8. The lowest BCUT2D eigenvalue weighted by atomic mass is 10.1. The van der Waals surface area contributed by atoms with Gasteiger partial charge in [-0.15, -0.1) is 0 Å². The summed E-state index contributed by atoms with van der Waals surface area (Å²) in [6, 6.07) is 8.48. The average molecular weight is 522 g/mol. The Morgan fingerprint density at radius 2 is 1.44 bits per heavy atom. The Balaban J connectivity index is 0.000000809. The van der Waals surface area contributed by atoms with E-state index in [4.69, 9.17) is 18.9 Å². The van der Waals surface area contributed by atoms with Crippen LogP contribution in [0.3, 0.4) is 0 Å². The number of aliphatic carboxylic acids is 1. The fourth-order valence-corrected chi connectivity index (χ4v) is 4.41. The van der Waals surface area contributed by atoms with E-state index in [1.54, 1.807) is 48.4 Å². The van der Waals surface area contributed by atoms with Crippen LogP contribution in [0.4, 0.5) is 0 Å². The first-order chi connectivity index (χ1) is 17.3. The predicted molar refractivity (Wildman–Crippen MR) is 141 cm³/mol. The first-order valence-corrected chi connectivity index (χ1v) is 13.2. The molecule has 0 amide bonds. The van der Waals surface area contributed by atoms with Crippen molar-refractivity contribution >= 4 is 22.8 Å². The van der Waals surface area contributed by atoms with Crippen LogP contribution in [0.1, 0.15) is 37.5 Å². The molecule has 0 heterocycles. The predicted octanol–water partition coefficient (Wildman–Crippen LogP) is 1.86. The third kappa shape index (κ3) is 9.91. The van der Waals surface area contributed by atoms with Crippen molar-refractivity contribution in [2.75, 3.05) is 48.1 Å². The zero-order valence-electron chi connectivity index (χ0n) is 22.3. The van der Waals surface area contributed by atoms with Gasteiger partial charge in [0, 0.05) is 29.9 Å². The lowest BCUT2D eigenvalue weighted by Gasteiger charge is -2.12. The summed E-state index contributed by atoms with van der Waals surface area (Å²) in [6.45, 7) is 10.5. The van der Waals surface area contributed by atoms with Crippen LogP contribution in [0.15, 0.2) is 35.7 Å². The van der Waals surface area contributed by atoms with Crippen molar-refractivity contribution in [2.45, 2.75) is 32.9 Å². The van der Waals surface area contributed by atoms with Crippen LogP contribution in [-0.4, -0.2) is 58.3 Å². The van der Waals surface area contributed by atoms with Crippen molar-refractivity contribution in [1.29, 1.82) is 0 Å². The van der Waals surface area contributed by atoms with E-state index >= 15 is 0 Å². The number of benzene rings is 2. The zero-order valence-corrected chi connectivity index (χ0v) is 23.2. The Hall–Kier alpha value is -3.04. The van der Waals surface area contributed by atoms with E-state index in [2.05, 4.69) is 20.8 Å². The maximum absolute atomic E-state index is 12.6. The van der Waals surface area contributed by atoms with Gasteiger partial charge in [-0.05, 0) is 44.0 Å². The Bertz CT molecular complexity index is 989. The fraction of sp³-hybridized carbons (Fsp3) is 0.444. The topological polar surface area (TPSA) is 98.6 Å². The molecular weight excluding hydrogens is 482 g/mol. The first kappa shape index (κ1) is 31.0. The summed E-state index contributed by atoms with van der Waals surface area (Å²) in [5, 5.41) is 12.5. The molecule has 0 aromatic heterocycles. The summed E-state index contributed by atoms with van der Waals surface area (Å²) in [4.78, 5) is 12.6. The molecule has 1 unspecified atom stereocenters. The molecule has 2 aromatic carbocycles. The Labute approximate surface area is 217 Å². The van der Waals surface area contributed by atoms with Gasteiger partial charge < -0.3 is 33.7 Å². The van der Waals surface area contributed by atoms with Crippen molar-refractivity contribution in [2.24, 2.45) is 0 Å². The number of carboxylic acids is 1. The van der Waals surface area contributed by atoms with Crippen molar-refractivity contribution in [3.05, 3.63) is 52.4 Å². The van der Waals surface area contributed by atoms with Crippen molar-refractivity contribution in [3.8, 4) is 23.0 Å². The highest BCUT2D eigenvalue weighted by Gasteiger charge is 2.12. The summed E-state index contributed by atoms with van der Waals surface area (Å²) in [7, 11) is 4.70. The summed E-state index contributed by atoms with van der Waals surface area (Å²) < 4.78 is 33.7. The summed E-state index contributed by atoms with van der Waals surface area (Å²) in [5.41, 5.74) is 1.83. The average Bonchev–Trinajstić information content (AvgIpc) is 2.88. The molecule has 2 aromatic rings. The molecular formula is C27H39NO7S. The minimum atomic E-state index is -1.36. The van der Waals surface area contributed by atoms with Gasteiger partial charge in [0.2, 0.25) is 0 Å². The van der Waals surface area contributed by atoms with Crippen LogP contribution in [0.25, 0.3) is 6.08 Å². The van der Waals surface area contributed by atoms with Gasteiger partial charge in [0.25, 0.3) is 0 Å². The maximum Gasteiger partial charge on any atom is 0.133 e. The van der Waals surface area contributed by atoms with E-state index < -0.39 is 16.8 Å². The molecule has 0 aliphatic rings. The molecule has 0 aliphatic heterocycles. The molecule has 8 nitrogen and oxygen atoms in total. The van der Waals surface area contributed by atoms with E-state index in [0.717, 1.165) is 5.56 Å². The standard InChI is InChI=1S/C21H24O7S.C6H15N/c1-25-16-11-19(27-3)17(20(12-16)28-4)7-8-29(24)13-14-5-6-18(26-2)15(9-14)10-21(22)23;1-4-7(5-2)6-3/h5-9,11-12H,10,13H2,1-4H3,(H,22,23);4-6H2,1-3H3/b8-7+;. The van der Waals surface area contributed by atoms with Gasteiger partial charge in [-0.1, -0.05) is 12.1 Å². The Morgan fingerprint density at radius 1 is 0.889 bits per heavy atom. The fourth-order valence-electron chi connectivity index (χ4n) is 3.52. The molecule has 1 atom stereocenters. The van der Waals surface area contributed by atoms with Crippen molar-refractivity contribution in [1.82, 2.24) is 0 Å². The molecule has 36 heavy (non-hydrogen) atoms. The summed E-state index contributed by atoms with van der Waals surface area (Å²) in [6.07, 6.45) is 1.39. The molecule has 2 rings (SSSR count). The van der Waals surface area contributed by atoms with E-state index in [9.17, 15) is 14.1 Å². The van der Waals surface area contributed by atoms with E-state index in [1.807, 2.05) is 0 Å². The van der Waals surface area contributed by atoms with Crippen molar-refractivity contribution in [3.63, 3.8) is 0 Å². The third-order valence-corrected chi connectivity index (χ3v) is 6.69. The smallest absolute Gasteiger partial charge is 0.133 e. The second-order valence-electron chi connectivity index (χ2n) is 7.78. The number of carboxylic acid groups (broad SMARTS) is 1. The second kappa shape index (κ2) is 16.6. The Kier molecular flexibility index (Phi) is 14.3. The van der Waals surface area contributed by atoms with Gasteiger partial charge in [0.1, 0.15) is 23.0 Å². The van der Waals surface area contributed by atoms with E-state index in [1.165, 1.54) is 46.4 Å². The number of quaternary nitrogens is 1. The summed E-state index contributed by atoms with van der Waals surface area (Å²) >= 11 is 0. The molecule has 0 fully saturated rings. The minimum Gasteiger partial charge on any atom is -0.550 e. The van der Waals surface area contributed by atoms with Gasteiger partial charge >= 0.3 is 0 Å². The van der Waals surface area contributed by atoms with Crippen LogP contribution in [-0.2, 0) is 27.8 Å². The maximum atomic E-state index is 12.6. The second-order valence-corrected chi connectivity index (χ2v) is 9.10. The third-order valence-electron chi connectivity index (χ3n) is 5.63. The van der Waals surface area contributed by atoms with E-state index in [0.29, 0.717) is 34.1 Å². The summed E-state index contributed by atoms with van der Waals surface area (Å²) in [5.74, 6) is 1.08. The lowest BCUT2D eigenvalue weighted by Crippen LogP contribution is -3.11.